The molecule has 3 aromatic carbocycles. The molecule has 0 unspecified atom stereocenters. The van der Waals surface area contributed by atoms with Gasteiger partial charge in [-0.05, 0) is 23.8 Å². The number of para-hydroxylation sites is 2. The first kappa shape index (κ1) is 20.2. The van der Waals surface area contributed by atoms with Gasteiger partial charge in [-0.25, -0.2) is 0 Å². The van der Waals surface area contributed by atoms with Crippen LogP contribution in [0.25, 0.3) is 0 Å². The highest BCUT2D eigenvalue weighted by atomic mass is 35.5. The van der Waals surface area contributed by atoms with Crippen LogP contribution in [0.5, 0.6) is 5.75 Å². The van der Waals surface area contributed by atoms with Crippen LogP contribution in [0.15, 0.2) is 72.8 Å². The van der Waals surface area contributed by atoms with Gasteiger partial charge in [0, 0.05) is 12.1 Å². The number of methoxy groups -OCH3 is 1. The Bertz CT molecular complexity index is 1030. The van der Waals surface area contributed by atoms with Crippen molar-refractivity contribution in [2.45, 2.75) is 6.04 Å². The summed E-state index contributed by atoms with van der Waals surface area (Å²) >= 11 is 6.12. The quantitative estimate of drug-likeness (QED) is 0.419. The molecular weight excluding hydrogens is 394 g/mol. The summed E-state index contributed by atoms with van der Waals surface area (Å²) in [5, 5.41) is 16.9. The van der Waals surface area contributed by atoms with Gasteiger partial charge in [0.05, 0.1) is 28.4 Å². The predicted octanol–water partition coefficient (Wildman–Crippen LogP) is 5.05. The van der Waals surface area contributed by atoms with E-state index in [0.717, 1.165) is 5.56 Å². The molecule has 0 radical (unpaired) electrons. The first-order chi connectivity index (χ1) is 14.0. The smallest absolute Gasteiger partial charge is 0.271 e. The molecule has 7 nitrogen and oxygen atoms in total. The monoisotopic (exact) mass is 411 g/mol. The van der Waals surface area contributed by atoms with Crippen LogP contribution in [-0.4, -0.2) is 17.9 Å². The third kappa shape index (κ3) is 4.83. The van der Waals surface area contributed by atoms with E-state index in [9.17, 15) is 14.9 Å². The summed E-state index contributed by atoms with van der Waals surface area (Å²) < 4.78 is 5.36. The number of carbonyl (C=O) groups is 1. The van der Waals surface area contributed by atoms with Crippen LogP contribution in [0.2, 0.25) is 5.02 Å². The van der Waals surface area contributed by atoms with Crippen LogP contribution in [0, 0.1) is 10.1 Å². The summed E-state index contributed by atoms with van der Waals surface area (Å²) in [5.41, 5.74) is 1.51. The molecule has 0 aromatic heterocycles. The Morgan fingerprint density at radius 1 is 1.03 bits per heavy atom. The van der Waals surface area contributed by atoms with E-state index >= 15 is 0 Å². The molecule has 0 saturated carbocycles. The number of nitrogens with zero attached hydrogens (tertiary/aromatic N) is 1. The van der Waals surface area contributed by atoms with Crippen molar-refractivity contribution in [1.82, 2.24) is 0 Å². The summed E-state index contributed by atoms with van der Waals surface area (Å²) in [6, 6.07) is 19.6. The Morgan fingerprint density at radius 3 is 2.38 bits per heavy atom. The van der Waals surface area contributed by atoms with Gasteiger partial charge in [-0.3, -0.25) is 14.9 Å². The molecule has 2 N–H and O–H groups in total. The van der Waals surface area contributed by atoms with Gasteiger partial charge in [-0.15, -0.1) is 0 Å². The maximum absolute atomic E-state index is 13.1. The maximum Gasteiger partial charge on any atom is 0.271 e. The Balaban J connectivity index is 1.90. The Kier molecular flexibility index (Phi) is 6.31. The Labute approximate surface area is 172 Å². The molecule has 0 aliphatic rings. The summed E-state index contributed by atoms with van der Waals surface area (Å²) in [6.07, 6.45) is 0. The first-order valence-electron chi connectivity index (χ1n) is 8.69. The van der Waals surface area contributed by atoms with Gasteiger partial charge < -0.3 is 15.4 Å². The highest BCUT2D eigenvalue weighted by molar-refractivity contribution is 6.34. The Hall–Kier alpha value is -3.58. The van der Waals surface area contributed by atoms with Crippen LogP contribution in [0.1, 0.15) is 11.6 Å². The predicted molar refractivity (Wildman–Crippen MR) is 113 cm³/mol. The van der Waals surface area contributed by atoms with Crippen LogP contribution < -0.4 is 15.4 Å². The molecule has 1 amide bonds. The summed E-state index contributed by atoms with van der Waals surface area (Å²) in [5.74, 6) is 0.215. The van der Waals surface area contributed by atoms with E-state index < -0.39 is 11.0 Å². The number of rotatable bonds is 7. The highest BCUT2D eigenvalue weighted by Gasteiger charge is 2.23. The van der Waals surface area contributed by atoms with Crippen molar-refractivity contribution in [1.29, 1.82) is 0 Å². The number of hydrogen-bond acceptors (Lipinski definition) is 5. The lowest BCUT2D eigenvalue weighted by atomic mass is 10.1. The summed E-state index contributed by atoms with van der Waals surface area (Å²) in [6.45, 7) is 0. The molecule has 29 heavy (non-hydrogen) atoms. The van der Waals surface area contributed by atoms with Gasteiger partial charge in [0.2, 0.25) is 0 Å². The van der Waals surface area contributed by atoms with Crippen molar-refractivity contribution < 1.29 is 14.5 Å². The second-order valence-corrected chi connectivity index (χ2v) is 6.51. The van der Waals surface area contributed by atoms with Crippen LogP contribution in [0.4, 0.5) is 17.1 Å². The van der Waals surface area contributed by atoms with Crippen molar-refractivity contribution in [2.75, 3.05) is 17.7 Å². The lowest BCUT2D eigenvalue weighted by Crippen LogP contribution is -2.27. The van der Waals surface area contributed by atoms with Crippen LogP contribution >= 0.6 is 11.6 Å². The molecular formula is C21H18ClN3O4. The first-order valence-corrected chi connectivity index (χ1v) is 9.06. The van der Waals surface area contributed by atoms with Crippen LogP contribution in [0.3, 0.4) is 0 Å². The van der Waals surface area contributed by atoms with Crippen molar-refractivity contribution in [2.24, 2.45) is 0 Å². The lowest BCUT2D eigenvalue weighted by Gasteiger charge is -2.21. The van der Waals surface area contributed by atoms with Gasteiger partial charge in [0.1, 0.15) is 11.8 Å². The Morgan fingerprint density at radius 2 is 1.72 bits per heavy atom. The van der Waals surface area contributed by atoms with Gasteiger partial charge in [0.15, 0.2) is 0 Å². The molecule has 1 atom stereocenters. The van der Waals surface area contributed by atoms with E-state index in [1.807, 2.05) is 42.5 Å². The molecule has 0 saturated heterocycles. The fourth-order valence-corrected chi connectivity index (χ4v) is 3.01. The molecule has 0 aliphatic heterocycles. The number of nitrogens with one attached hydrogen (secondary N) is 2. The topological polar surface area (TPSA) is 93.5 Å². The molecule has 0 heterocycles. The number of nitro benzene ring substituents is 1. The van der Waals surface area contributed by atoms with Gasteiger partial charge in [-0.2, -0.15) is 0 Å². The minimum absolute atomic E-state index is 0.0802. The fourth-order valence-electron chi connectivity index (χ4n) is 2.79. The number of non-ortho nitro benzene ring substituents is 1. The maximum atomic E-state index is 13.1. The van der Waals surface area contributed by atoms with Gasteiger partial charge in [0.25, 0.3) is 11.6 Å². The standard InChI is InChI=1S/C21H18ClN3O4/c1-29-19-10-6-5-9-18(19)23-20(14-7-3-2-4-8-14)21(26)24-17-12-11-15(25(27)28)13-16(17)22/h2-13,20,23H,1H3,(H,24,26)/t20-/m0/s1. The van der Waals surface area contributed by atoms with Crippen molar-refractivity contribution in [3.63, 3.8) is 0 Å². The molecule has 0 aliphatic carbocycles. The van der Waals surface area contributed by atoms with E-state index in [2.05, 4.69) is 10.6 Å². The van der Waals surface area contributed by atoms with Gasteiger partial charge >= 0.3 is 0 Å². The van der Waals surface area contributed by atoms with E-state index in [1.165, 1.54) is 18.2 Å². The van der Waals surface area contributed by atoms with E-state index in [1.54, 1.807) is 19.2 Å². The molecule has 8 heteroatoms. The minimum Gasteiger partial charge on any atom is -0.495 e. The second kappa shape index (κ2) is 9.07. The van der Waals surface area contributed by atoms with E-state index in [4.69, 9.17) is 16.3 Å². The van der Waals surface area contributed by atoms with Crippen molar-refractivity contribution in [3.8, 4) is 5.75 Å². The van der Waals surface area contributed by atoms with Crippen LogP contribution in [-0.2, 0) is 4.79 Å². The van der Waals surface area contributed by atoms with Crippen molar-refractivity contribution >= 4 is 34.6 Å². The zero-order chi connectivity index (χ0) is 20.8. The van der Waals surface area contributed by atoms with E-state index in [0.29, 0.717) is 11.4 Å². The molecule has 148 valence electrons. The SMILES string of the molecule is COc1ccccc1N[C@H](C(=O)Nc1ccc([N+](=O)[O-])cc1Cl)c1ccccc1. The molecule has 0 bridgehead atoms. The second-order valence-electron chi connectivity index (χ2n) is 6.10. The lowest BCUT2D eigenvalue weighted by molar-refractivity contribution is -0.384. The highest BCUT2D eigenvalue weighted by Crippen LogP contribution is 2.31. The van der Waals surface area contributed by atoms with E-state index in [-0.39, 0.29) is 22.3 Å². The molecule has 3 rings (SSSR count). The number of ether oxygens (including phenoxy) is 1. The number of halogens is 1. The molecule has 3 aromatic rings. The largest absolute Gasteiger partial charge is 0.495 e. The number of nitro groups is 1. The minimum atomic E-state index is -0.751. The average molecular weight is 412 g/mol. The fraction of sp³-hybridized carbons (Fsp3) is 0.0952. The zero-order valence-electron chi connectivity index (χ0n) is 15.5. The third-order valence-corrected chi connectivity index (χ3v) is 4.54. The number of hydrogen-bond donors (Lipinski definition) is 2. The summed E-state index contributed by atoms with van der Waals surface area (Å²) in [4.78, 5) is 23.4. The molecule has 0 spiro atoms. The van der Waals surface area contributed by atoms with Gasteiger partial charge in [-0.1, -0.05) is 54.1 Å². The number of amides is 1. The van der Waals surface area contributed by atoms with Crippen molar-refractivity contribution in [3.05, 3.63) is 93.5 Å². The number of anilines is 2. The molecule has 0 fully saturated rings. The average Bonchev–Trinajstić information content (AvgIpc) is 2.74. The number of carbonyl (C=O) groups excluding carboxylic acids is 1. The zero-order valence-corrected chi connectivity index (χ0v) is 16.2. The number of benzene rings is 3. The summed E-state index contributed by atoms with van der Waals surface area (Å²) in [7, 11) is 1.55. The third-order valence-electron chi connectivity index (χ3n) is 4.22. The normalized spacial score (nSPS) is 11.4.